The zero-order valence-corrected chi connectivity index (χ0v) is 12.2. The monoisotopic (exact) mass is 261 g/mol. The van der Waals surface area contributed by atoms with Gasteiger partial charge in [-0.05, 0) is 38.8 Å². The van der Waals surface area contributed by atoms with Gasteiger partial charge < -0.3 is 10.1 Å². The minimum Gasteiger partial charge on any atom is -0.378 e. The molecule has 0 radical (unpaired) electrons. The third-order valence-corrected chi connectivity index (χ3v) is 3.59. The van der Waals surface area contributed by atoms with Crippen LogP contribution in [-0.2, 0) is 4.74 Å². The molecule has 1 aliphatic heterocycles. The van der Waals surface area contributed by atoms with E-state index < -0.39 is 0 Å². The first-order valence-electron chi connectivity index (χ1n) is 6.92. The molecule has 0 aliphatic carbocycles. The molecule has 1 N–H and O–H groups in total. The summed E-state index contributed by atoms with van der Waals surface area (Å²) in [6.45, 7) is 9.53. The number of aryl methyl sites for hydroxylation is 3. The van der Waals surface area contributed by atoms with Crippen LogP contribution in [0, 0.1) is 20.8 Å². The number of carbonyl (C=O) groups is 1. The largest absolute Gasteiger partial charge is 0.378 e. The molecule has 0 spiro atoms. The second-order valence-electron chi connectivity index (χ2n) is 5.70. The molecule has 3 heteroatoms. The maximum atomic E-state index is 12.5. The van der Waals surface area contributed by atoms with E-state index in [0.29, 0.717) is 19.1 Å². The van der Waals surface area contributed by atoms with Crippen LogP contribution in [0.2, 0.25) is 0 Å². The second-order valence-corrected chi connectivity index (χ2v) is 5.70. The first kappa shape index (κ1) is 14.2. The molecule has 0 saturated carbocycles. The van der Waals surface area contributed by atoms with Crippen LogP contribution in [0.15, 0.2) is 12.1 Å². The molecule has 1 aromatic carbocycles. The first-order valence-corrected chi connectivity index (χ1v) is 6.92. The van der Waals surface area contributed by atoms with E-state index in [-0.39, 0.29) is 11.8 Å². The molecule has 104 valence electrons. The van der Waals surface area contributed by atoms with E-state index in [9.17, 15) is 4.79 Å². The van der Waals surface area contributed by atoms with E-state index in [4.69, 9.17) is 4.74 Å². The van der Waals surface area contributed by atoms with Crippen molar-refractivity contribution in [2.24, 2.45) is 0 Å². The van der Waals surface area contributed by atoms with Gasteiger partial charge in [0.05, 0.1) is 13.2 Å². The predicted octanol–water partition coefficient (Wildman–Crippen LogP) is 2.56. The van der Waals surface area contributed by atoms with Crippen LogP contribution in [0.1, 0.15) is 40.4 Å². The summed E-state index contributed by atoms with van der Waals surface area (Å²) in [5, 5.41) is 3.42. The molecule has 1 saturated heterocycles. The van der Waals surface area contributed by atoms with E-state index in [1.165, 1.54) is 5.56 Å². The molecule has 3 nitrogen and oxygen atoms in total. The minimum atomic E-state index is 0.136. The number of morpholine rings is 1. The number of benzene rings is 1. The van der Waals surface area contributed by atoms with Gasteiger partial charge in [0.15, 0.2) is 5.78 Å². The van der Waals surface area contributed by atoms with Gasteiger partial charge in [-0.25, -0.2) is 0 Å². The highest BCUT2D eigenvalue weighted by atomic mass is 16.5. The molecular formula is C16H23NO2. The van der Waals surface area contributed by atoms with Gasteiger partial charge in [-0.2, -0.15) is 0 Å². The van der Waals surface area contributed by atoms with Crippen LogP contribution in [-0.4, -0.2) is 31.1 Å². The number of carbonyl (C=O) groups excluding carboxylic acids is 1. The Balaban J connectivity index is 2.12. The fraction of sp³-hybridized carbons (Fsp3) is 0.562. The topological polar surface area (TPSA) is 38.3 Å². The van der Waals surface area contributed by atoms with Gasteiger partial charge in [-0.3, -0.25) is 4.79 Å². The highest BCUT2D eigenvalue weighted by molar-refractivity contribution is 5.99. The Kier molecular flexibility index (Phi) is 4.38. The lowest BCUT2D eigenvalue weighted by molar-refractivity contribution is 0.0463. The van der Waals surface area contributed by atoms with Crippen molar-refractivity contribution < 1.29 is 9.53 Å². The van der Waals surface area contributed by atoms with Gasteiger partial charge in [0.2, 0.25) is 0 Å². The minimum absolute atomic E-state index is 0.136. The lowest BCUT2D eigenvalue weighted by atomic mass is 9.93. The third kappa shape index (κ3) is 3.43. The van der Waals surface area contributed by atoms with Gasteiger partial charge >= 0.3 is 0 Å². The molecule has 2 atom stereocenters. The van der Waals surface area contributed by atoms with Gasteiger partial charge in [-0.15, -0.1) is 0 Å². The second kappa shape index (κ2) is 5.85. The highest BCUT2D eigenvalue weighted by Gasteiger charge is 2.23. The molecule has 1 fully saturated rings. The van der Waals surface area contributed by atoms with Gasteiger partial charge in [0.1, 0.15) is 0 Å². The van der Waals surface area contributed by atoms with Crippen molar-refractivity contribution in [2.75, 3.05) is 13.2 Å². The number of Topliss-reactive ketones (excluding diaryl/α,β-unsaturated/α-hetero) is 1. The molecule has 0 aromatic heterocycles. The number of hydrogen-bond acceptors (Lipinski definition) is 3. The summed E-state index contributed by atoms with van der Waals surface area (Å²) < 4.78 is 5.50. The Morgan fingerprint density at radius 3 is 2.47 bits per heavy atom. The molecule has 1 heterocycles. The molecular weight excluding hydrogens is 238 g/mol. The predicted molar refractivity (Wildman–Crippen MR) is 76.8 cm³/mol. The normalized spacial score (nSPS) is 23.4. The fourth-order valence-electron chi connectivity index (χ4n) is 2.95. The summed E-state index contributed by atoms with van der Waals surface area (Å²) >= 11 is 0. The Labute approximate surface area is 115 Å². The van der Waals surface area contributed by atoms with E-state index in [1.54, 1.807) is 0 Å². The van der Waals surface area contributed by atoms with Crippen molar-refractivity contribution in [1.82, 2.24) is 5.32 Å². The van der Waals surface area contributed by atoms with Crippen LogP contribution in [0.4, 0.5) is 0 Å². The Morgan fingerprint density at radius 2 is 1.89 bits per heavy atom. The fourth-order valence-corrected chi connectivity index (χ4v) is 2.95. The van der Waals surface area contributed by atoms with E-state index >= 15 is 0 Å². The van der Waals surface area contributed by atoms with Crippen molar-refractivity contribution >= 4 is 5.78 Å². The highest BCUT2D eigenvalue weighted by Crippen LogP contribution is 2.19. The van der Waals surface area contributed by atoms with Crippen molar-refractivity contribution in [2.45, 2.75) is 46.2 Å². The molecule has 0 amide bonds. The van der Waals surface area contributed by atoms with Crippen LogP contribution < -0.4 is 5.32 Å². The van der Waals surface area contributed by atoms with Crippen molar-refractivity contribution in [1.29, 1.82) is 0 Å². The summed E-state index contributed by atoms with van der Waals surface area (Å²) in [5.74, 6) is 0.213. The van der Waals surface area contributed by atoms with E-state index in [1.807, 2.05) is 13.8 Å². The number of ether oxygens (including phenoxy) is 1. The number of hydrogen-bond donors (Lipinski definition) is 1. The van der Waals surface area contributed by atoms with Gasteiger partial charge in [0.25, 0.3) is 0 Å². The van der Waals surface area contributed by atoms with Crippen molar-refractivity contribution in [3.63, 3.8) is 0 Å². The quantitative estimate of drug-likeness (QED) is 0.850. The molecule has 0 bridgehead atoms. The maximum absolute atomic E-state index is 12.5. The Hall–Kier alpha value is -1.19. The van der Waals surface area contributed by atoms with Crippen molar-refractivity contribution in [3.05, 3.63) is 34.4 Å². The van der Waals surface area contributed by atoms with Crippen LogP contribution in [0.25, 0.3) is 0 Å². The molecule has 2 rings (SSSR count). The smallest absolute Gasteiger partial charge is 0.165 e. The zero-order valence-electron chi connectivity index (χ0n) is 12.2. The Morgan fingerprint density at radius 1 is 1.26 bits per heavy atom. The molecule has 1 aromatic rings. The van der Waals surface area contributed by atoms with Crippen molar-refractivity contribution in [3.8, 4) is 0 Å². The summed E-state index contributed by atoms with van der Waals surface area (Å²) in [7, 11) is 0. The van der Waals surface area contributed by atoms with E-state index in [2.05, 4.69) is 31.3 Å². The first-order chi connectivity index (χ1) is 8.97. The van der Waals surface area contributed by atoms with Gasteiger partial charge in [0, 0.05) is 24.1 Å². The number of ketones is 1. The third-order valence-electron chi connectivity index (χ3n) is 3.59. The average molecular weight is 261 g/mol. The maximum Gasteiger partial charge on any atom is 0.165 e. The molecule has 19 heavy (non-hydrogen) atoms. The molecule has 1 aliphatic rings. The summed E-state index contributed by atoms with van der Waals surface area (Å²) in [5.41, 5.74) is 4.24. The van der Waals surface area contributed by atoms with Crippen LogP contribution >= 0.6 is 0 Å². The lowest BCUT2D eigenvalue weighted by Gasteiger charge is -2.28. The average Bonchev–Trinajstić information content (AvgIpc) is 2.27. The van der Waals surface area contributed by atoms with E-state index in [0.717, 1.165) is 23.3 Å². The SMILES string of the molecule is Cc1cc(C)c(C(=O)CC2COCC(C)N2)c(C)c1. The molecule has 2 unspecified atom stereocenters. The van der Waals surface area contributed by atoms with Crippen LogP contribution in [0.3, 0.4) is 0 Å². The number of nitrogens with one attached hydrogen (secondary N) is 1. The number of rotatable bonds is 3. The lowest BCUT2D eigenvalue weighted by Crippen LogP contribution is -2.48. The summed E-state index contributed by atoms with van der Waals surface area (Å²) in [6, 6.07) is 4.62. The zero-order chi connectivity index (χ0) is 14.0. The van der Waals surface area contributed by atoms with Gasteiger partial charge in [-0.1, -0.05) is 17.7 Å². The Bertz CT molecular complexity index is 459. The summed E-state index contributed by atoms with van der Waals surface area (Å²) in [6.07, 6.45) is 0.509. The summed E-state index contributed by atoms with van der Waals surface area (Å²) in [4.78, 5) is 12.5. The van der Waals surface area contributed by atoms with Crippen LogP contribution in [0.5, 0.6) is 0 Å². The standard InChI is InChI=1S/C16H23NO2/c1-10-5-11(2)16(12(3)6-10)15(18)7-14-9-19-8-13(4)17-14/h5-6,13-14,17H,7-9H2,1-4H3.